The first-order chi connectivity index (χ1) is 15.0. The molecule has 31 heavy (non-hydrogen) atoms. The average Bonchev–Trinajstić information content (AvgIpc) is 2.79. The highest BCUT2D eigenvalue weighted by molar-refractivity contribution is 9.10. The Balaban J connectivity index is 2.22. The third kappa shape index (κ3) is 6.27. The number of benzene rings is 2. The van der Waals surface area contributed by atoms with Crippen molar-refractivity contribution in [1.29, 1.82) is 5.26 Å². The van der Waals surface area contributed by atoms with Crippen LogP contribution in [0, 0.1) is 11.3 Å². The van der Waals surface area contributed by atoms with Crippen LogP contribution in [0.1, 0.15) is 11.1 Å². The molecule has 2 aromatic rings. The Labute approximate surface area is 190 Å². The number of nitrogens with one attached hydrogen (secondary N) is 1. The number of nitrogens with zero attached hydrogens (tertiary/aromatic N) is 1. The van der Waals surface area contributed by atoms with E-state index < -0.39 is 5.91 Å². The molecule has 1 N–H and O–H groups in total. The number of hydrogen-bond donors (Lipinski definition) is 1. The summed E-state index contributed by atoms with van der Waals surface area (Å²) in [4.78, 5) is 12.6. The summed E-state index contributed by atoms with van der Waals surface area (Å²) < 4.78 is 22.1. The predicted octanol–water partition coefficient (Wildman–Crippen LogP) is 4.26. The van der Waals surface area contributed by atoms with Gasteiger partial charge in [-0.1, -0.05) is 12.7 Å². The van der Waals surface area contributed by atoms with E-state index in [1.165, 1.54) is 20.3 Å². The van der Waals surface area contributed by atoms with Gasteiger partial charge in [0, 0.05) is 18.2 Å². The second-order valence-electron chi connectivity index (χ2n) is 6.16. The second kappa shape index (κ2) is 11.7. The SMILES string of the molecule is C=CCOc1c(Br)cc(/C=C(\C#N)C(=O)NCc2ccc(OC)cc2OC)cc1OC. The van der Waals surface area contributed by atoms with Crippen molar-refractivity contribution in [2.24, 2.45) is 0 Å². The summed E-state index contributed by atoms with van der Waals surface area (Å²) in [5.41, 5.74) is 1.30. The molecule has 0 aliphatic carbocycles. The van der Waals surface area contributed by atoms with Crippen LogP contribution in [-0.2, 0) is 11.3 Å². The van der Waals surface area contributed by atoms with Gasteiger partial charge in [0.2, 0.25) is 0 Å². The zero-order valence-electron chi connectivity index (χ0n) is 17.5. The molecule has 2 aromatic carbocycles. The van der Waals surface area contributed by atoms with E-state index >= 15 is 0 Å². The molecule has 162 valence electrons. The highest BCUT2D eigenvalue weighted by atomic mass is 79.9. The van der Waals surface area contributed by atoms with Gasteiger partial charge in [0.1, 0.15) is 29.7 Å². The molecule has 0 radical (unpaired) electrons. The van der Waals surface area contributed by atoms with E-state index in [0.717, 1.165) is 5.56 Å². The normalized spacial score (nSPS) is 10.6. The quantitative estimate of drug-likeness (QED) is 0.306. The smallest absolute Gasteiger partial charge is 0.262 e. The molecule has 0 aliphatic heterocycles. The lowest BCUT2D eigenvalue weighted by molar-refractivity contribution is -0.117. The zero-order valence-corrected chi connectivity index (χ0v) is 19.1. The van der Waals surface area contributed by atoms with Gasteiger partial charge in [0.25, 0.3) is 5.91 Å². The maximum atomic E-state index is 12.6. The maximum Gasteiger partial charge on any atom is 0.262 e. The van der Waals surface area contributed by atoms with E-state index in [9.17, 15) is 10.1 Å². The van der Waals surface area contributed by atoms with Crippen LogP contribution < -0.4 is 24.3 Å². The van der Waals surface area contributed by atoms with Crippen molar-refractivity contribution in [1.82, 2.24) is 5.32 Å². The molecule has 7 nitrogen and oxygen atoms in total. The van der Waals surface area contributed by atoms with Crippen molar-refractivity contribution in [2.75, 3.05) is 27.9 Å². The number of ether oxygens (including phenoxy) is 4. The van der Waals surface area contributed by atoms with Crippen molar-refractivity contribution >= 4 is 27.9 Å². The van der Waals surface area contributed by atoms with Gasteiger partial charge in [0.15, 0.2) is 11.5 Å². The molecule has 0 fully saturated rings. The van der Waals surface area contributed by atoms with Gasteiger partial charge in [-0.2, -0.15) is 5.26 Å². The molecule has 2 rings (SSSR count). The Morgan fingerprint density at radius 1 is 1.16 bits per heavy atom. The summed E-state index contributed by atoms with van der Waals surface area (Å²) in [5.74, 6) is 1.68. The van der Waals surface area contributed by atoms with Crippen molar-refractivity contribution < 1.29 is 23.7 Å². The molecule has 0 bridgehead atoms. The number of carbonyl (C=O) groups excluding carboxylic acids is 1. The Morgan fingerprint density at radius 2 is 1.90 bits per heavy atom. The molecule has 1 amide bonds. The van der Waals surface area contributed by atoms with Crippen molar-refractivity contribution in [2.45, 2.75) is 6.54 Å². The standard InChI is InChI=1S/C23H23BrN2O5/c1-5-8-31-22-19(24)10-15(11-21(22)30-4)9-17(13-25)23(27)26-14-16-6-7-18(28-2)12-20(16)29-3/h5-7,9-12H,1,8,14H2,2-4H3,(H,26,27)/b17-9+. The summed E-state index contributed by atoms with van der Waals surface area (Å²) >= 11 is 3.43. The van der Waals surface area contributed by atoms with E-state index in [-0.39, 0.29) is 12.1 Å². The Morgan fingerprint density at radius 3 is 2.52 bits per heavy atom. The van der Waals surface area contributed by atoms with E-state index in [2.05, 4.69) is 27.8 Å². The van der Waals surface area contributed by atoms with E-state index in [1.807, 2.05) is 6.07 Å². The van der Waals surface area contributed by atoms with Crippen LogP contribution in [0.5, 0.6) is 23.0 Å². The number of nitriles is 1. The lowest BCUT2D eigenvalue weighted by Crippen LogP contribution is -2.24. The lowest BCUT2D eigenvalue weighted by atomic mass is 10.1. The van der Waals surface area contributed by atoms with Gasteiger partial charge in [-0.3, -0.25) is 4.79 Å². The Kier molecular flexibility index (Phi) is 8.97. The van der Waals surface area contributed by atoms with Crippen LogP contribution in [0.15, 0.2) is 53.0 Å². The van der Waals surface area contributed by atoms with E-state index in [4.69, 9.17) is 18.9 Å². The fourth-order valence-electron chi connectivity index (χ4n) is 2.69. The van der Waals surface area contributed by atoms with Crippen molar-refractivity contribution in [3.63, 3.8) is 0 Å². The lowest BCUT2D eigenvalue weighted by Gasteiger charge is -2.13. The van der Waals surface area contributed by atoms with Gasteiger partial charge < -0.3 is 24.3 Å². The molecule has 0 aromatic heterocycles. The van der Waals surface area contributed by atoms with Crippen LogP contribution in [-0.4, -0.2) is 33.8 Å². The largest absolute Gasteiger partial charge is 0.497 e. The molecule has 0 spiro atoms. The molecular weight excluding hydrogens is 464 g/mol. The van der Waals surface area contributed by atoms with Gasteiger partial charge in [-0.15, -0.1) is 0 Å². The summed E-state index contributed by atoms with van der Waals surface area (Å²) in [5, 5.41) is 12.2. The number of methoxy groups -OCH3 is 3. The van der Waals surface area contributed by atoms with Crippen LogP contribution >= 0.6 is 15.9 Å². The summed E-state index contributed by atoms with van der Waals surface area (Å²) in [7, 11) is 4.61. The molecule has 8 heteroatoms. The minimum Gasteiger partial charge on any atom is -0.497 e. The number of hydrogen-bond acceptors (Lipinski definition) is 6. The molecule has 0 aliphatic rings. The third-order valence-electron chi connectivity index (χ3n) is 4.21. The first kappa shape index (κ1) is 23.8. The fourth-order valence-corrected chi connectivity index (χ4v) is 3.26. The summed E-state index contributed by atoms with van der Waals surface area (Å²) in [6.45, 7) is 4.12. The highest BCUT2D eigenvalue weighted by Crippen LogP contribution is 2.37. The van der Waals surface area contributed by atoms with Crippen LogP contribution in [0.4, 0.5) is 0 Å². The van der Waals surface area contributed by atoms with Crippen molar-refractivity contribution in [3.05, 3.63) is 64.2 Å². The topological polar surface area (TPSA) is 89.8 Å². The number of amides is 1. The maximum absolute atomic E-state index is 12.6. The number of carbonyl (C=O) groups is 1. The number of halogens is 1. The second-order valence-corrected chi connectivity index (χ2v) is 7.02. The summed E-state index contributed by atoms with van der Waals surface area (Å²) in [6.07, 6.45) is 3.10. The first-order valence-electron chi connectivity index (χ1n) is 9.19. The first-order valence-corrected chi connectivity index (χ1v) is 9.98. The highest BCUT2D eigenvalue weighted by Gasteiger charge is 2.14. The third-order valence-corrected chi connectivity index (χ3v) is 4.80. The van der Waals surface area contributed by atoms with Crippen LogP contribution in [0.2, 0.25) is 0 Å². The van der Waals surface area contributed by atoms with Crippen LogP contribution in [0.3, 0.4) is 0 Å². The van der Waals surface area contributed by atoms with Crippen molar-refractivity contribution in [3.8, 4) is 29.1 Å². The van der Waals surface area contributed by atoms with Gasteiger partial charge in [0.05, 0.1) is 25.8 Å². The van der Waals surface area contributed by atoms with Gasteiger partial charge in [-0.05, 0) is 51.8 Å². The van der Waals surface area contributed by atoms with E-state index in [1.54, 1.807) is 43.5 Å². The molecule has 0 unspecified atom stereocenters. The zero-order chi connectivity index (χ0) is 22.8. The molecule has 0 saturated carbocycles. The van der Waals surface area contributed by atoms with Gasteiger partial charge >= 0.3 is 0 Å². The predicted molar refractivity (Wildman–Crippen MR) is 121 cm³/mol. The Hall–Kier alpha value is -3.44. The minimum absolute atomic E-state index is 0.0545. The molecular formula is C23H23BrN2O5. The number of rotatable bonds is 10. The molecule has 0 atom stereocenters. The van der Waals surface area contributed by atoms with E-state index in [0.29, 0.717) is 39.6 Å². The average molecular weight is 487 g/mol. The minimum atomic E-state index is -0.512. The molecule has 0 heterocycles. The Bertz CT molecular complexity index is 1030. The van der Waals surface area contributed by atoms with Gasteiger partial charge in [-0.25, -0.2) is 0 Å². The summed E-state index contributed by atoms with van der Waals surface area (Å²) in [6, 6.07) is 10.6. The van der Waals surface area contributed by atoms with Crippen LogP contribution in [0.25, 0.3) is 6.08 Å². The molecule has 0 saturated heterocycles. The monoisotopic (exact) mass is 486 g/mol. The fraction of sp³-hybridized carbons (Fsp3) is 0.217.